The number of nitrogens with two attached hydrogens (primary N) is 2. The minimum absolute atomic E-state index is 0. The fourth-order valence-electron chi connectivity index (χ4n) is 0.978. The van der Waals surface area contributed by atoms with Crippen molar-refractivity contribution in [3.05, 3.63) is 30.3 Å². The smallest absolute Gasteiger partial charge is 0.320 e. The summed E-state index contributed by atoms with van der Waals surface area (Å²) in [5.41, 5.74) is 5.19. The van der Waals surface area contributed by atoms with Gasteiger partial charge in [-0.15, -0.1) is 12.4 Å². The minimum Gasteiger partial charge on any atom is -0.480 e. The Balaban J connectivity index is 0. The molecule has 1 rings (SSSR count). The molecule has 0 bridgehead atoms. The highest BCUT2D eigenvalue weighted by Gasteiger charge is 2.09. The third-order valence-corrected chi connectivity index (χ3v) is 3.60. The van der Waals surface area contributed by atoms with Crippen LogP contribution in [0.1, 0.15) is 6.42 Å². The van der Waals surface area contributed by atoms with Crippen molar-refractivity contribution < 1.29 is 18.3 Å². The fourth-order valence-corrected chi connectivity index (χ4v) is 2.00. The minimum atomic E-state index is -3.50. The van der Waals surface area contributed by atoms with Gasteiger partial charge >= 0.3 is 5.97 Å². The molecule has 20 heavy (non-hydrogen) atoms. The number of halogens is 1. The van der Waals surface area contributed by atoms with Crippen LogP contribution in [0.5, 0.6) is 0 Å². The van der Waals surface area contributed by atoms with E-state index in [0.717, 1.165) is 5.75 Å². The second kappa shape index (κ2) is 10.9. The van der Waals surface area contributed by atoms with Crippen molar-refractivity contribution in [3.63, 3.8) is 0 Å². The molecule has 0 saturated heterocycles. The molecule has 1 aromatic carbocycles. The van der Waals surface area contributed by atoms with E-state index in [2.05, 4.69) is 0 Å². The Morgan fingerprint density at radius 3 is 2.15 bits per heavy atom. The van der Waals surface area contributed by atoms with Crippen LogP contribution in [-0.4, -0.2) is 37.5 Å². The summed E-state index contributed by atoms with van der Waals surface area (Å²) in [4.78, 5) is 10.2. The molecule has 5 N–H and O–H groups in total. The van der Waals surface area contributed by atoms with Crippen molar-refractivity contribution in [1.82, 2.24) is 0 Å². The van der Waals surface area contributed by atoms with Gasteiger partial charge in [0.05, 0.1) is 4.90 Å². The molecule has 0 aromatic heterocycles. The highest BCUT2D eigenvalue weighted by Crippen LogP contribution is 2.03. The van der Waals surface area contributed by atoms with E-state index in [1.54, 1.807) is 30.0 Å². The van der Waals surface area contributed by atoms with Crippen LogP contribution in [0.2, 0.25) is 0 Å². The molecule has 0 spiro atoms. The summed E-state index contributed by atoms with van der Waals surface area (Å²) in [5, 5.41) is 13.1. The maximum absolute atomic E-state index is 10.6. The molecule has 0 aliphatic carbocycles. The largest absolute Gasteiger partial charge is 0.480 e. The van der Waals surface area contributed by atoms with Crippen LogP contribution >= 0.6 is 24.2 Å². The first-order valence-electron chi connectivity index (χ1n) is 5.34. The summed E-state index contributed by atoms with van der Waals surface area (Å²) in [6.07, 6.45) is 2.48. The topological polar surface area (TPSA) is 123 Å². The number of rotatable bonds is 5. The maximum Gasteiger partial charge on any atom is 0.320 e. The number of primary sulfonamides is 1. The summed E-state index contributed by atoms with van der Waals surface area (Å²) in [7, 11) is -3.50. The van der Waals surface area contributed by atoms with Crippen molar-refractivity contribution in [3.8, 4) is 0 Å². The molecule has 0 amide bonds. The summed E-state index contributed by atoms with van der Waals surface area (Å²) in [5.74, 6) is -0.1000. The Hall–Kier alpha value is -0.800. The van der Waals surface area contributed by atoms with Gasteiger partial charge in [-0.25, -0.2) is 13.6 Å². The third kappa shape index (κ3) is 10.0. The van der Waals surface area contributed by atoms with E-state index in [9.17, 15) is 13.2 Å². The number of aliphatic carboxylic acids is 1. The zero-order chi connectivity index (χ0) is 14.9. The SMILES string of the molecule is CSCC[C@H](N)C(=O)O.Cl.NS(=O)(=O)c1ccccc1. The zero-order valence-corrected chi connectivity index (χ0v) is 13.4. The lowest BCUT2D eigenvalue weighted by Crippen LogP contribution is -2.30. The van der Waals surface area contributed by atoms with E-state index in [0.29, 0.717) is 6.42 Å². The van der Waals surface area contributed by atoms with Crippen molar-refractivity contribution in [2.75, 3.05) is 12.0 Å². The fraction of sp³-hybridized carbons (Fsp3) is 0.364. The summed E-state index contributed by atoms with van der Waals surface area (Å²) in [6, 6.07) is 7.20. The molecule has 116 valence electrons. The van der Waals surface area contributed by atoms with Crippen LogP contribution in [0.3, 0.4) is 0 Å². The second-order valence-corrected chi connectivity index (χ2v) is 6.13. The Kier molecular flexibility index (Phi) is 11.7. The van der Waals surface area contributed by atoms with Crippen LogP contribution in [-0.2, 0) is 14.8 Å². The third-order valence-electron chi connectivity index (χ3n) is 2.02. The molecule has 9 heteroatoms. The van der Waals surface area contributed by atoms with Gasteiger partial charge in [0.25, 0.3) is 0 Å². The lowest BCUT2D eigenvalue weighted by molar-refractivity contribution is -0.138. The van der Waals surface area contributed by atoms with Crippen LogP contribution in [0, 0.1) is 0 Å². The van der Waals surface area contributed by atoms with Crippen LogP contribution in [0.4, 0.5) is 0 Å². The zero-order valence-electron chi connectivity index (χ0n) is 10.9. The number of sulfonamides is 1. The molecule has 1 atom stereocenters. The molecule has 6 nitrogen and oxygen atoms in total. The van der Waals surface area contributed by atoms with Crippen LogP contribution in [0.15, 0.2) is 35.2 Å². The van der Waals surface area contributed by atoms with Gasteiger partial charge in [0.15, 0.2) is 0 Å². The summed E-state index contributed by atoms with van der Waals surface area (Å²) in [6.45, 7) is 0. The molecule has 0 heterocycles. The van der Waals surface area contributed by atoms with E-state index in [-0.39, 0.29) is 17.3 Å². The number of carboxylic acid groups (broad SMARTS) is 1. The Morgan fingerprint density at radius 1 is 1.35 bits per heavy atom. The average Bonchev–Trinajstić information content (AvgIpc) is 2.36. The van der Waals surface area contributed by atoms with Crippen molar-refractivity contribution >= 4 is 40.2 Å². The number of carbonyl (C=O) groups is 1. The van der Waals surface area contributed by atoms with E-state index in [1.165, 1.54) is 12.1 Å². The summed E-state index contributed by atoms with van der Waals surface area (Å²) >= 11 is 1.60. The molecule has 0 radical (unpaired) electrons. The normalized spacial score (nSPS) is 11.6. The van der Waals surface area contributed by atoms with Crippen molar-refractivity contribution in [2.45, 2.75) is 17.4 Å². The first-order chi connectivity index (χ1) is 8.79. The van der Waals surface area contributed by atoms with E-state index in [4.69, 9.17) is 16.0 Å². The highest BCUT2D eigenvalue weighted by molar-refractivity contribution is 7.98. The lowest BCUT2D eigenvalue weighted by Gasteiger charge is -2.02. The molecule has 0 saturated carbocycles. The van der Waals surface area contributed by atoms with Crippen LogP contribution in [0.25, 0.3) is 0 Å². The Labute approximate surface area is 129 Å². The number of benzene rings is 1. The van der Waals surface area contributed by atoms with Crippen molar-refractivity contribution in [2.24, 2.45) is 10.9 Å². The second-order valence-electron chi connectivity index (χ2n) is 3.58. The standard InChI is InChI=1S/C6H7NO2S.C5H11NO2S.ClH/c7-10(8,9)6-4-2-1-3-5-6;1-9-3-2-4(6)5(7)8;/h1-5H,(H2,7,8,9);4H,2-3,6H2,1H3,(H,7,8);1H/t;4-;/m.0./s1. The van der Waals surface area contributed by atoms with Gasteiger partial charge in [-0.2, -0.15) is 11.8 Å². The van der Waals surface area contributed by atoms with Gasteiger partial charge in [-0.3, -0.25) is 4.79 Å². The molecule has 0 fully saturated rings. The van der Waals surface area contributed by atoms with Gasteiger partial charge in [-0.1, -0.05) is 18.2 Å². The average molecular weight is 343 g/mol. The molecule has 0 unspecified atom stereocenters. The maximum atomic E-state index is 10.6. The highest BCUT2D eigenvalue weighted by atomic mass is 35.5. The van der Waals surface area contributed by atoms with Crippen molar-refractivity contribution in [1.29, 1.82) is 0 Å². The van der Waals surface area contributed by atoms with E-state index in [1.807, 2.05) is 6.26 Å². The van der Waals surface area contributed by atoms with E-state index < -0.39 is 22.0 Å². The number of hydrogen-bond donors (Lipinski definition) is 3. The van der Waals surface area contributed by atoms with Gasteiger partial charge in [0, 0.05) is 0 Å². The lowest BCUT2D eigenvalue weighted by atomic mass is 10.2. The first-order valence-corrected chi connectivity index (χ1v) is 8.28. The van der Waals surface area contributed by atoms with Crippen LogP contribution < -0.4 is 10.9 Å². The Morgan fingerprint density at radius 2 is 1.85 bits per heavy atom. The van der Waals surface area contributed by atoms with E-state index >= 15 is 0 Å². The predicted molar refractivity (Wildman–Crippen MR) is 83.7 cm³/mol. The number of carboxylic acids is 1. The van der Waals surface area contributed by atoms with Gasteiger partial charge in [0.2, 0.25) is 10.0 Å². The Bertz CT molecular complexity index is 482. The summed E-state index contributed by atoms with van der Waals surface area (Å²) < 4.78 is 21.2. The molecule has 0 aliphatic heterocycles. The van der Waals surface area contributed by atoms with Gasteiger partial charge in [0.1, 0.15) is 6.04 Å². The number of thioether (sulfide) groups is 1. The molecular formula is C11H19ClN2O4S2. The molecular weight excluding hydrogens is 324 g/mol. The van der Waals surface area contributed by atoms with Gasteiger partial charge < -0.3 is 10.8 Å². The molecule has 1 aromatic rings. The number of hydrogen-bond acceptors (Lipinski definition) is 5. The van der Waals surface area contributed by atoms with Gasteiger partial charge in [-0.05, 0) is 30.6 Å². The molecule has 0 aliphatic rings. The quantitative estimate of drug-likeness (QED) is 0.730. The predicted octanol–water partition coefficient (Wildman–Crippen LogP) is 0.907. The monoisotopic (exact) mass is 342 g/mol. The first kappa shape index (κ1) is 21.5.